The summed E-state index contributed by atoms with van der Waals surface area (Å²) in [5.41, 5.74) is 0.903. The number of pyridine rings is 1. The standard InChI is InChI=1S/C7H9NO2S/c1-6-3-4-8-7(5-6)11(2,9)10/h3-5H,1-2H3. The molecule has 0 saturated carbocycles. The molecule has 1 aromatic heterocycles. The van der Waals surface area contributed by atoms with E-state index in [4.69, 9.17) is 0 Å². The highest BCUT2D eigenvalue weighted by Crippen LogP contribution is 2.05. The summed E-state index contributed by atoms with van der Waals surface area (Å²) >= 11 is 0. The van der Waals surface area contributed by atoms with Gasteiger partial charge in [-0.1, -0.05) is 0 Å². The number of aryl methyl sites for hydroxylation is 1. The summed E-state index contributed by atoms with van der Waals surface area (Å²) in [5.74, 6) is 0. The van der Waals surface area contributed by atoms with E-state index in [0.29, 0.717) is 0 Å². The normalized spacial score (nSPS) is 11.5. The first-order valence-corrected chi connectivity index (χ1v) is 5.02. The predicted molar refractivity (Wildman–Crippen MR) is 42.1 cm³/mol. The summed E-state index contributed by atoms with van der Waals surface area (Å²) in [6.45, 7) is 1.83. The maximum absolute atomic E-state index is 10.9. The molecule has 0 fully saturated rings. The highest BCUT2D eigenvalue weighted by atomic mass is 32.2. The number of sulfone groups is 1. The van der Waals surface area contributed by atoms with E-state index in [1.54, 1.807) is 12.1 Å². The number of rotatable bonds is 1. The third-order valence-corrected chi connectivity index (χ3v) is 2.25. The van der Waals surface area contributed by atoms with E-state index in [0.717, 1.165) is 11.8 Å². The van der Waals surface area contributed by atoms with E-state index in [-0.39, 0.29) is 5.03 Å². The molecule has 0 radical (unpaired) electrons. The van der Waals surface area contributed by atoms with Crippen LogP contribution in [0.25, 0.3) is 0 Å². The van der Waals surface area contributed by atoms with Gasteiger partial charge in [0.15, 0.2) is 14.9 Å². The quantitative estimate of drug-likeness (QED) is 0.627. The summed E-state index contributed by atoms with van der Waals surface area (Å²) in [5, 5.41) is 0.137. The van der Waals surface area contributed by atoms with Gasteiger partial charge in [-0.05, 0) is 24.6 Å². The second kappa shape index (κ2) is 2.62. The molecule has 0 aliphatic heterocycles. The number of hydrogen-bond acceptors (Lipinski definition) is 3. The maximum atomic E-state index is 10.9. The molecular weight excluding hydrogens is 162 g/mol. The van der Waals surface area contributed by atoms with Crippen LogP contribution in [0.4, 0.5) is 0 Å². The minimum absolute atomic E-state index is 0.137. The number of hydrogen-bond donors (Lipinski definition) is 0. The zero-order chi connectivity index (χ0) is 8.48. The fraction of sp³-hybridized carbons (Fsp3) is 0.286. The maximum Gasteiger partial charge on any atom is 0.192 e. The van der Waals surface area contributed by atoms with Crippen molar-refractivity contribution in [3.05, 3.63) is 23.9 Å². The Bertz CT molecular complexity index is 356. The van der Waals surface area contributed by atoms with E-state index in [9.17, 15) is 8.42 Å². The zero-order valence-electron chi connectivity index (χ0n) is 6.40. The van der Waals surface area contributed by atoms with E-state index < -0.39 is 9.84 Å². The molecule has 0 unspecified atom stereocenters. The van der Waals surface area contributed by atoms with Gasteiger partial charge >= 0.3 is 0 Å². The summed E-state index contributed by atoms with van der Waals surface area (Å²) < 4.78 is 21.8. The molecular formula is C7H9NO2S. The lowest BCUT2D eigenvalue weighted by Crippen LogP contribution is -1.99. The Balaban J connectivity index is 3.28. The van der Waals surface area contributed by atoms with Crippen LogP contribution in [0.3, 0.4) is 0 Å². The van der Waals surface area contributed by atoms with Gasteiger partial charge in [-0.15, -0.1) is 0 Å². The van der Waals surface area contributed by atoms with Gasteiger partial charge in [-0.25, -0.2) is 13.4 Å². The molecule has 0 saturated heterocycles. The molecule has 1 heterocycles. The minimum Gasteiger partial charge on any atom is -0.245 e. The van der Waals surface area contributed by atoms with Crippen LogP contribution in [0.1, 0.15) is 5.56 Å². The molecule has 0 N–H and O–H groups in total. The van der Waals surface area contributed by atoms with E-state index >= 15 is 0 Å². The largest absolute Gasteiger partial charge is 0.245 e. The van der Waals surface area contributed by atoms with Crippen LogP contribution in [0.2, 0.25) is 0 Å². The van der Waals surface area contributed by atoms with Gasteiger partial charge in [0.2, 0.25) is 0 Å². The van der Waals surface area contributed by atoms with Gasteiger partial charge in [-0.3, -0.25) is 0 Å². The van der Waals surface area contributed by atoms with Crippen molar-refractivity contribution in [2.75, 3.05) is 6.26 Å². The highest BCUT2D eigenvalue weighted by molar-refractivity contribution is 7.90. The van der Waals surface area contributed by atoms with Crippen molar-refractivity contribution in [1.29, 1.82) is 0 Å². The van der Waals surface area contributed by atoms with Crippen molar-refractivity contribution in [3.8, 4) is 0 Å². The van der Waals surface area contributed by atoms with E-state index in [1.807, 2.05) is 6.92 Å². The average Bonchev–Trinajstić information content (AvgIpc) is 1.86. The third-order valence-electron chi connectivity index (χ3n) is 1.27. The fourth-order valence-corrected chi connectivity index (χ4v) is 1.36. The molecule has 1 aromatic rings. The fourth-order valence-electron chi connectivity index (χ4n) is 0.711. The van der Waals surface area contributed by atoms with Crippen molar-refractivity contribution >= 4 is 9.84 Å². The van der Waals surface area contributed by atoms with Gasteiger partial charge in [0.25, 0.3) is 0 Å². The van der Waals surface area contributed by atoms with E-state index in [1.165, 1.54) is 6.20 Å². The SMILES string of the molecule is Cc1ccnc(S(C)(=O)=O)c1. The van der Waals surface area contributed by atoms with Crippen molar-refractivity contribution < 1.29 is 8.42 Å². The lowest BCUT2D eigenvalue weighted by Gasteiger charge is -1.96. The van der Waals surface area contributed by atoms with Crippen molar-refractivity contribution in [2.45, 2.75) is 11.9 Å². The first-order valence-electron chi connectivity index (χ1n) is 3.13. The third kappa shape index (κ3) is 2.01. The molecule has 4 heteroatoms. The van der Waals surface area contributed by atoms with Gasteiger partial charge in [0, 0.05) is 12.5 Å². The Morgan fingerprint density at radius 2 is 2.09 bits per heavy atom. The molecule has 60 valence electrons. The molecule has 0 aliphatic carbocycles. The van der Waals surface area contributed by atoms with Gasteiger partial charge in [0.05, 0.1) is 0 Å². The van der Waals surface area contributed by atoms with Crippen LogP contribution in [-0.4, -0.2) is 19.7 Å². The van der Waals surface area contributed by atoms with Crippen molar-refractivity contribution in [2.24, 2.45) is 0 Å². The summed E-state index contributed by atoms with van der Waals surface area (Å²) in [6.07, 6.45) is 2.64. The molecule has 0 bridgehead atoms. The van der Waals surface area contributed by atoms with Gasteiger partial charge < -0.3 is 0 Å². The second-order valence-electron chi connectivity index (χ2n) is 2.44. The number of aromatic nitrogens is 1. The summed E-state index contributed by atoms with van der Waals surface area (Å²) in [7, 11) is -3.14. The van der Waals surface area contributed by atoms with Crippen molar-refractivity contribution in [3.63, 3.8) is 0 Å². The van der Waals surface area contributed by atoms with Crippen LogP contribution < -0.4 is 0 Å². The summed E-state index contributed by atoms with van der Waals surface area (Å²) in [4.78, 5) is 3.72. The molecule has 3 nitrogen and oxygen atoms in total. The Hall–Kier alpha value is -0.900. The van der Waals surface area contributed by atoms with E-state index in [2.05, 4.69) is 4.98 Å². The first kappa shape index (κ1) is 8.20. The lowest BCUT2D eigenvalue weighted by atomic mass is 10.3. The zero-order valence-corrected chi connectivity index (χ0v) is 7.22. The Morgan fingerprint density at radius 3 is 2.45 bits per heavy atom. The molecule has 0 atom stereocenters. The van der Waals surface area contributed by atoms with Crippen LogP contribution in [0.5, 0.6) is 0 Å². The molecule has 0 spiro atoms. The van der Waals surface area contributed by atoms with Crippen LogP contribution >= 0.6 is 0 Å². The van der Waals surface area contributed by atoms with Crippen LogP contribution in [0, 0.1) is 6.92 Å². The second-order valence-corrected chi connectivity index (χ2v) is 4.41. The Kier molecular flexibility index (Phi) is 1.95. The molecule has 0 aromatic carbocycles. The molecule has 0 amide bonds. The van der Waals surface area contributed by atoms with Crippen LogP contribution in [-0.2, 0) is 9.84 Å². The molecule has 0 aliphatic rings. The smallest absolute Gasteiger partial charge is 0.192 e. The summed E-state index contributed by atoms with van der Waals surface area (Å²) in [6, 6.07) is 3.31. The first-order chi connectivity index (χ1) is 5.00. The minimum atomic E-state index is -3.14. The molecule has 11 heavy (non-hydrogen) atoms. The Labute approximate surface area is 66.0 Å². The van der Waals surface area contributed by atoms with Crippen molar-refractivity contribution in [1.82, 2.24) is 4.98 Å². The Morgan fingerprint density at radius 1 is 1.45 bits per heavy atom. The van der Waals surface area contributed by atoms with Crippen LogP contribution in [0.15, 0.2) is 23.4 Å². The monoisotopic (exact) mass is 171 g/mol. The predicted octanol–water partition coefficient (Wildman–Crippen LogP) is 0.794. The van der Waals surface area contributed by atoms with Gasteiger partial charge in [0.1, 0.15) is 0 Å². The topological polar surface area (TPSA) is 47.0 Å². The highest BCUT2D eigenvalue weighted by Gasteiger charge is 2.06. The lowest BCUT2D eigenvalue weighted by molar-refractivity contribution is 0.598. The average molecular weight is 171 g/mol. The number of nitrogens with zero attached hydrogens (tertiary/aromatic N) is 1. The molecule has 1 rings (SSSR count). The van der Waals surface area contributed by atoms with Gasteiger partial charge in [-0.2, -0.15) is 0 Å².